The summed E-state index contributed by atoms with van der Waals surface area (Å²) in [4.78, 5) is 14.9. The van der Waals surface area contributed by atoms with Crippen LogP contribution in [0.25, 0.3) is 0 Å². The van der Waals surface area contributed by atoms with E-state index in [1.54, 1.807) is 36.4 Å². The van der Waals surface area contributed by atoms with Crippen LogP contribution in [0.5, 0.6) is 5.75 Å². The quantitative estimate of drug-likeness (QED) is 0.611. The van der Waals surface area contributed by atoms with E-state index in [0.29, 0.717) is 30.1 Å². The minimum absolute atomic E-state index is 0.0540. The zero-order valence-electron chi connectivity index (χ0n) is 17.5. The van der Waals surface area contributed by atoms with Gasteiger partial charge in [-0.2, -0.15) is 0 Å². The molecule has 1 aliphatic heterocycles. The number of hydrogen-bond donors (Lipinski definition) is 0. The largest absolute Gasteiger partial charge is 0.497 e. The third kappa shape index (κ3) is 4.14. The molecule has 1 amide bonds. The Kier molecular flexibility index (Phi) is 5.69. The van der Waals surface area contributed by atoms with Crippen molar-refractivity contribution >= 4 is 21.6 Å². The summed E-state index contributed by atoms with van der Waals surface area (Å²) in [6, 6.07) is 21.1. The van der Waals surface area contributed by atoms with E-state index in [2.05, 4.69) is 12.1 Å². The second kappa shape index (κ2) is 8.43. The van der Waals surface area contributed by atoms with Gasteiger partial charge in [-0.15, -0.1) is 0 Å². The maximum Gasteiger partial charge on any atom is 0.264 e. The number of nitrogens with zero attached hydrogens (tertiary/aromatic N) is 2. The van der Waals surface area contributed by atoms with E-state index in [9.17, 15) is 13.2 Å². The fourth-order valence-electron chi connectivity index (χ4n) is 3.71. The number of sulfonamides is 1. The van der Waals surface area contributed by atoms with Gasteiger partial charge in [-0.05, 0) is 66.1 Å². The monoisotopic (exact) mass is 436 g/mol. The number of fused-ring (bicyclic) bond motifs is 1. The number of rotatable bonds is 5. The average molecular weight is 437 g/mol. The smallest absolute Gasteiger partial charge is 0.264 e. The molecule has 0 atom stereocenters. The average Bonchev–Trinajstić information content (AvgIpc) is 2.83. The number of ether oxygens (including phenoxy) is 1. The molecule has 0 N–H and O–H groups in total. The molecule has 0 radical (unpaired) electrons. The van der Waals surface area contributed by atoms with Crippen LogP contribution in [-0.4, -0.2) is 39.9 Å². The third-order valence-electron chi connectivity index (χ3n) is 5.61. The molecule has 0 saturated heterocycles. The number of carbonyl (C=O) groups is 1. The highest BCUT2D eigenvalue weighted by Gasteiger charge is 2.24. The Hall–Kier alpha value is -3.32. The van der Waals surface area contributed by atoms with Crippen molar-refractivity contribution in [2.45, 2.75) is 17.9 Å². The summed E-state index contributed by atoms with van der Waals surface area (Å²) in [5.74, 6) is 0.534. The Balaban J connectivity index is 1.50. The fraction of sp³-hybridized carbons (Fsp3) is 0.208. The summed E-state index contributed by atoms with van der Waals surface area (Å²) in [6.45, 7) is 1.26. The molecule has 0 bridgehead atoms. The molecule has 0 spiro atoms. The van der Waals surface area contributed by atoms with Gasteiger partial charge in [0.25, 0.3) is 15.9 Å². The molecule has 0 aromatic heterocycles. The maximum absolute atomic E-state index is 13.0. The predicted molar refractivity (Wildman–Crippen MR) is 120 cm³/mol. The van der Waals surface area contributed by atoms with Crippen LogP contribution in [-0.2, 0) is 23.0 Å². The highest BCUT2D eigenvalue weighted by atomic mass is 32.2. The third-order valence-corrected chi connectivity index (χ3v) is 7.41. The van der Waals surface area contributed by atoms with E-state index >= 15 is 0 Å². The van der Waals surface area contributed by atoms with Crippen molar-refractivity contribution in [3.8, 4) is 5.75 Å². The van der Waals surface area contributed by atoms with Crippen molar-refractivity contribution in [3.05, 3.63) is 89.5 Å². The highest BCUT2D eigenvalue weighted by Crippen LogP contribution is 2.25. The first-order valence-corrected chi connectivity index (χ1v) is 11.4. The van der Waals surface area contributed by atoms with Crippen LogP contribution >= 0.6 is 0 Å². The maximum atomic E-state index is 13.0. The van der Waals surface area contributed by atoms with Gasteiger partial charge in [0, 0.05) is 25.7 Å². The number of hydrogen-bond acceptors (Lipinski definition) is 4. The molecular weight excluding hydrogens is 412 g/mol. The van der Waals surface area contributed by atoms with Gasteiger partial charge >= 0.3 is 0 Å². The molecule has 0 aliphatic carbocycles. The summed E-state index contributed by atoms with van der Waals surface area (Å²) in [5, 5.41) is 0. The molecule has 1 heterocycles. The Bertz CT molecular complexity index is 1190. The molecule has 7 heteroatoms. The van der Waals surface area contributed by atoms with Crippen molar-refractivity contribution in [3.63, 3.8) is 0 Å². The SMILES string of the molecule is COc1ccc(S(=O)(=O)N(C)c2ccc(C(=O)N3CCc4ccccc4C3)cc2)cc1. The van der Waals surface area contributed by atoms with E-state index in [0.717, 1.165) is 6.42 Å². The van der Waals surface area contributed by atoms with Gasteiger partial charge in [0.1, 0.15) is 5.75 Å². The first kappa shape index (κ1) is 20.9. The number of carbonyl (C=O) groups excluding carboxylic acids is 1. The zero-order valence-corrected chi connectivity index (χ0v) is 18.3. The molecule has 6 nitrogen and oxygen atoms in total. The summed E-state index contributed by atoms with van der Waals surface area (Å²) in [5.41, 5.74) is 3.48. The van der Waals surface area contributed by atoms with Gasteiger partial charge in [-0.25, -0.2) is 8.42 Å². The molecule has 160 valence electrons. The standard InChI is InChI=1S/C24H24N2O4S/c1-25(31(28,29)23-13-11-22(30-2)12-14-23)21-9-7-19(8-10-21)24(27)26-16-15-18-5-3-4-6-20(18)17-26/h3-14H,15-17H2,1-2H3. The van der Waals surface area contributed by atoms with E-state index in [1.807, 2.05) is 17.0 Å². The van der Waals surface area contributed by atoms with Crippen molar-refractivity contribution in [2.24, 2.45) is 0 Å². The van der Waals surface area contributed by atoms with Gasteiger partial charge in [-0.3, -0.25) is 9.10 Å². The Morgan fingerprint density at radius 3 is 2.23 bits per heavy atom. The van der Waals surface area contributed by atoms with Crippen LogP contribution in [0, 0.1) is 0 Å². The van der Waals surface area contributed by atoms with Crippen molar-refractivity contribution in [2.75, 3.05) is 25.0 Å². The molecule has 0 fully saturated rings. The van der Waals surface area contributed by atoms with Gasteiger partial charge < -0.3 is 9.64 Å². The molecule has 0 unspecified atom stereocenters. The van der Waals surface area contributed by atoms with Gasteiger partial charge in [0.15, 0.2) is 0 Å². The second-order valence-corrected chi connectivity index (χ2v) is 9.41. The normalized spacial score (nSPS) is 13.4. The number of benzene rings is 3. The Morgan fingerprint density at radius 2 is 1.58 bits per heavy atom. The van der Waals surface area contributed by atoms with Crippen LogP contribution in [0.1, 0.15) is 21.5 Å². The summed E-state index contributed by atoms with van der Waals surface area (Å²) < 4.78 is 32.1. The highest BCUT2D eigenvalue weighted by molar-refractivity contribution is 7.92. The van der Waals surface area contributed by atoms with E-state index in [4.69, 9.17) is 4.74 Å². The molecule has 3 aromatic rings. The summed E-state index contributed by atoms with van der Waals surface area (Å²) >= 11 is 0. The van der Waals surface area contributed by atoms with Crippen LogP contribution < -0.4 is 9.04 Å². The predicted octanol–water partition coefficient (Wildman–Crippen LogP) is 3.72. The van der Waals surface area contributed by atoms with Gasteiger partial charge in [0.2, 0.25) is 0 Å². The van der Waals surface area contributed by atoms with Crippen LogP contribution in [0.15, 0.2) is 77.7 Å². The van der Waals surface area contributed by atoms with Crippen LogP contribution in [0.3, 0.4) is 0 Å². The molecule has 31 heavy (non-hydrogen) atoms. The van der Waals surface area contributed by atoms with E-state index in [-0.39, 0.29) is 10.8 Å². The van der Waals surface area contributed by atoms with Crippen LogP contribution in [0.2, 0.25) is 0 Å². The molecule has 1 aliphatic rings. The molecule has 0 saturated carbocycles. The first-order valence-electron chi connectivity index (χ1n) is 9.99. The zero-order chi connectivity index (χ0) is 22.0. The first-order chi connectivity index (χ1) is 14.9. The van der Waals surface area contributed by atoms with Gasteiger partial charge in [0.05, 0.1) is 17.7 Å². The topological polar surface area (TPSA) is 66.9 Å². The lowest BCUT2D eigenvalue weighted by Gasteiger charge is -2.29. The van der Waals surface area contributed by atoms with E-state index < -0.39 is 10.0 Å². The Labute approximate surface area is 182 Å². The summed E-state index contributed by atoms with van der Waals surface area (Å²) in [6.07, 6.45) is 0.836. The van der Waals surface area contributed by atoms with Crippen molar-refractivity contribution in [1.82, 2.24) is 4.90 Å². The minimum atomic E-state index is -3.72. The fourth-order valence-corrected chi connectivity index (χ4v) is 4.91. The Morgan fingerprint density at radius 1 is 0.935 bits per heavy atom. The lowest BCUT2D eigenvalue weighted by Crippen LogP contribution is -2.36. The van der Waals surface area contributed by atoms with Gasteiger partial charge in [-0.1, -0.05) is 24.3 Å². The molecular formula is C24H24N2O4S. The van der Waals surface area contributed by atoms with Crippen molar-refractivity contribution < 1.29 is 17.9 Å². The van der Waals surface area contributed by atoms with Crippen LogP contribution in [0.4, 0.5) is 5.69 Å². The number of anilines is 1. The number of amides is 1. The van der Waals surface area contributed by atoms with E-state index in [1.165, 1.54) is 41.7 Å². The molecule has 4 rings (SSSR count). The lowest BCUT2D eigenvalue weighted by atomic mass is 9.99. The lowest BCUT2D eigenvalue weighted by molar-refractivity contribution is 0.0734. The van der Waals surface area contributed by atoms with Crippen molar-refractivity contribution in [1.29, 1.82) is 0 Å². The molecule has 3 aromatic carbocycles. The second-order valence-electron chi connectivity index (χ2n) is 7.44. The minimum Gasteiger partial charge on any atom is -0.497 e. The summed E-state index contributed by atoms with van der Waals surface area (Å²) in [7, 11) is -0.695. The number of methoxy groups -OCH3 is 1.